The van der Waals surface area contributed by atoms with Crippen LogP contribution in [0, 0.1) is 0 Å². The Morgan fingerprint density at radius 2 is 2.00 bits per heavy atom. The van der Waals surface area contributed by atoms with Crippen molar-refractivity contribution in [3.8, 4) is 5.75 Å². The maximum absolute atomic E-state index is 5.07. The Morgan fingerprint density at radius 3 is 2.64 bits per heavy atom. The summed E-state index contributed by atoms with van der Waals surface area (Å²) in [7, 11) is 0. The molecule has 0 aliphatic heterocycles. The van der Waals surface area contributed by atoms with E-state index in [0.717, 1.165) is 19.3 Å². The van der Waals surface area contributed by atoms with Crippen LogP contribution in [0.3, 0.4) is 0 Å². The lowest BCUT2D eigenvalue weighted by molar-refractivity contribution is -0.168. The number of hydrogen-bond donors (Lipinski definition) is 0. The van der Waals surface area contributed by atoms with Crippen LogP contribution in [0.1, 0.15) is 26.2 Å². The van der Waals surface area contributed by atoms with Crippen molar-refractivity contribution in [1.82, 2.24) is 0 Å². The summed E-state index contributed by atoms with van der Waals surface area (Å²) in [6, 6.07) is 9.40. The van der Waals surface area contributed by atoms with Gasteiger partial charge in [-0.25, -0.2) is 0 Å². The highest BCUT2D eigenvalue weighted by molar-refractivity contribution is 5.20. The minimum absolute atomic E-state index is 0.677. The average Bonchev–Trinajstić information content (AvgIpc) is 2.25. The van der Waals surface area contributed by atoms with Crippen LogP contribution >= 0.6 is 0 Å². The van der Waals surface area contributed by atoms with Crippen molar-refractivity contribution in [2.75, 3.05) is 0 Å². The van der Waals surface area contributed by atoms with Crippen LogP contribution in [0.2, 0.25) is 0 Å². The predicted octanol–water partition coefficient (Wildman–Crippen LogP) is 3.70. The van der Waals surface area contributed by atoms with Crippen molar-refractivity contribution >= 4 is 0 Å². The molecule has 1 rings (SSSR count). The first kappa shape index (κ1) is 10.6. The van der Waals surface area contributed by atoms with Crippen molar-refractivity contribution in [1.29, 1.82) is 0 Å². The number of para-hydroxylation sites is 1. The van der Waals surface area contributed by atoms with Crippen LogP contribution in [0.15, 0.2) is 42.7 Å². The molecule has 1 aromatic carbocycles. The number of allylic oxidation sites excluding steroid dienone is 1. The molecule has 0 amide bonds. The van der Waals surface area contributed by atoms with Crippen LogP contribution in [0.5, 0.6) is 5.75 Å². The second-order valence-corrected chi connectivity index (χ2v) is 3.12. The highest BCUT2D eigenvalue weighted by Gasteiger charge is 1.97. The van der Waals surface area contributed by atoms with E-state index >= 15 is 0 Å². The quantitative estimate of drug-likeness (QED) is 0.388. The second-order valence-electron chi connectivity index (χ2n) is 3.12. The lowest BCUT2D eigenvalue weighted by Gasteiger charge is -2.06. The molecule has 0 saturated carbocycles. The number of hydrogen-bond acceptors (Lipinski definition) is 2. The molecule has 2 heteroatoms. The van der Waals surface area contributed by atoms with Crippen LogP contribution in [0.25, 0.3) is 0 Å². The monoisotopic (exact) mass is 192 g/mol. The molecule has 76 valence electrons. The van der Waals surface area contributed by atoms with E-state index in [-0.39, 0.29) is 0 Å². The molecule has 0 spiro atoms. The van der Waals surface area contributed by atoms with Gasteiger partial charge in [0, 0.05) is 6.42 Å². The minimum atomic E-state index is 0.677. The van der Waals surface area contributed by atoms with E-state index in [9.17, 15) is 0 Å². The summed E-state index contributed by atoms with van der Waals surface area (Å²) in [5.41, 5.74) is 0. The zero-order valence-electron chi connectivity index (χ0n) is 8.53. The highest BCUT2D eigenvalue weighted by atomic mass is 17.2. The number of unbranched alkanes of at least 4 members (excludes halogenated alkanes) is 1. The summed E-state index contributed by atoms with van der Waals surface area (Å²) in [6.07, 6.45) is 3.06. The third-order valence-corrected chi connectivity index (χ3v) is 1.81. The Bertz CT molecular complexity index is 267. The fraction of sp³-hybridized carbons (Fsp3) is 0.333. The Hall–Kier alpha value is -1.44. The smallest absolute Gasteiger partial charge is 0.178 e. The zero-order chi connectivity index (χ0) is 10.2. The van der Waals surface area contributed by atoms with Crippen molar-refractivity contribution in [3.63, 3.8) is 0 Å². The summed E-state index contributed by atoms with van der Waals surface area (Å²) in [4.78, 5) is 10.1. The molecule has 14 heavy (non-hydrogen) atoms. The summed E-state index contributed by atoms with van der Waals surface area (Å²) in [6.45, 7) is 5.89. The van der Waals surface area contributed by atoms with E-state index in [1.807, 2.05) is 30.3 Å². The fourth-order valence-corrected chi connectivity index (χ4v) is 0.999. The lowest BCUT2D eigenvalue weighted by Crippen LogP contribution is -1.96. The van der Waals surface area contributed by atoms with Gasteiger partial charge in [0.2, 0.25) is 0 Å². The summed E-state index contributed by atoms with van der Waals surface area (Å²) >= 11 is 0. The predicted molar refractivity (Wildman–Crippen MR) is 56.8 cm³/mol. The number of rotatable bonds is 6. The number of benzene rings is 1. The maximum Gasteiger partial charge on any atom is 0.178 e. The normalized spacial score (nSPS) is 9.50. The molecule has 0 aliphatic carbocycles. The molecule has 0 aliphatic rings. The van der Waals surface area contributed by atoms with E-state index in [1.165, 1.54) is 0 Å². The van der Waals surface area contributed by atoms with Gasteiger partial charge in [0.25, 0.3) is 0 Å². The van der Waals surface area contributed by atoms with Gasteiger partial charge in [-0.15, -0.1) is 0 Å². The van der Waals surface area contributed by atoms with Gasteiger partial charge in [-0.05, 0) is 18.6 Å². The van der Waals surface area contributed by atoms with Crippen LogP contribution < -0.4 is 4.89 Å². The maximum atomic E-state index is 5.07. The lowest BCUT2D eigenvalue weighted by atomic mass is 10.2. The topological polar surface area (TPSA) is 18.5 Å². The molecule has 2 nitrogen and oxygen atoms in total. The van der Waals surface area contributed by atoms with E-state index in [2.05, 4.69) is 13.5 Å². The Kier molecular flexibility index (Phi) is 4.62. The largest absolute Gasteiger partial charge is 0.295 e. The van der Waals surface area contributed by atoms with Crippen LogP contribution in [-0.4, -0.2) is 0 Å². The molecular weight excluding hydrogens is 176 g/mol. The molecular formula is C12H16O2. The van der Waals surface area contributed by atoms with Crippen molar-refractivity contribution < 1.29 is 9.78 Å². The minimum Gasteiger partial charge on any atom is -0.295 e. The van der Waals surface area contributed by atoms with E-state index in [0.29, 0.717) is 11.5 Å². The third kappa shape index (κ3) is 3.99. The summed E-state index contributed by atoms with van der Waals surface area (Å²) in [5, 5.41) is 0. The molecule has 0 saturated heterocycles. The molecule has 1 aromatic rings. The van der Waals surface area contributed by atoms with Gasteiger partial charge >= 0.3 is 0 Å². The Balaban J connectivity index is 2.24. The summed E-state index contributed by atoms with van der Waals surface area (Å²) in [5.74, 6) is 1.38. The molecule has 0 bridgehead atoms. The van der Waals surface area contributed by atoms with Gasteiger partial charge in [-0.2, -0.15) is 0 Å². The van der Waals surface area contributed by atoms with E-state index < -0.39 is 0 Å². The van der Waals surface area contributed by atoms with E-state index in [4.69, 9.17) is 9.78 Å². The van der Waals surface area contributed by atoms with Gasteiger partial charge in [0.1, 0.15) is 5.76 Å². The first-order valence-corrected chi connectivity index (χ1v) is 4.90. The molecule has 0 radical (unpaired) electrons. The molecule has 0 aromatic heterocycles. The van der Waals surface area contributed by atoms with Gasteiger partial charge in [-0.1, -0.05) is 38.1 Å². The van der Waals surface area contributed by atoms with Crippen molar-refractivity contribution in [2.45, 2.75) is 26.2 Å². The van der Waals surface area contributed by atoms with Crippen molar-refractivity contribution in [2.24, 2.45) is 0 Å². The molecule has 0 heterocycles. The van der Waals surface area contributed by atoms with Gasteiger partial charge in [0.15, 0.2) is 5.75 Å². The Labute approximate surface area is 85.1 Å². The van der Waals surface area contributed by atoms with Gasteiger partial charge in [0.05, 0.1) is 0 Å². The molecule has 0 unspecified atom stereocenters. The standard InChI is InChI=1S/C12H16O2/c1-3-4-8-11(2)13-14-12-9-6-5-7-10-12/h5-7,9-10H,2-4,8H2,1H3. The second kappa shape index (κ2) is 6.08. The first-order valence-electron chi connectivity index (χ1n) is 4.90. The highest BCUT2D eigenvalue weighted by Crippen LogP contribution is 2.12. The van der Waals surface area contributed by atoms with Gasteiger partial charge < -0.3 is 0 Å². The van der Waals surface area contributed by atoms with Crippen LogP contribution in [0.4, 0.5) is 0 Å². The summed E-state index contributed by atoms with van der Waals surface area (Å²) < 4.78 is 0. The zero-order valence-corrected chi connectivity index (χ0v) is 8.53. The first-order chi connectivity index (χ1) is 6.83. The SMILES string of the molecule is C=C(CCCC)OOc1ccccc1. The molecule has 0 N–H and O–H groups in total. The molecule has 0 atom stereocenters. The average molecular weight is 192 g/mol. The fourth-order valence-electron chi connectivity index (χ4n) is 0.999. The van der Waals surface area contributed by atoms with Crippen LogP contribution in [-0.2, 0) is 4.89 Å². The van der Waals surface area contributed by atoms with Crippen molar-refractivity contribution in [3.05, 3.63) is 42.7 Å². The van der Waals surface area contributed by atoms with Gasteiger partial charge in [-0.3, -0.25) is 9.78 Å². The third-order valence-electron chi connectivity index (χ3n) is 1.81. The molecule has 0 fully saturated rings. The van der Waals surface area contributed by atoms with E-state index in [1.54, 1.807) is 0 Å². The Morgan fingerprint density at radius 1 is 1.29 bits per heavy atom.